The lowest BCUT2D eigenvalue weighted by Gasteiger charge is -2.21. The van der Waals surface area contributed by atoms with Crippen LogP contribution < -0.4 is 20.6 Å². The van der Waals surface area contributed by atoms with Gasteiger partial charge < -0.3 is 14.7 Å². The molecule has 0 fully saturated rings. The van der Waals surface area contributed by atoms with Gasteiger partial charge in [0.15, 0.2) is 5.16 Å². The number of carbonyl (C=O) groups excluding carboxylic acids is 1. The van der Waals surface area contributed by atoms with Crippen LogP contribution >= 0.6 is 11.8 Å². The van der Waals surface area contributed by atoms with E-state index >= 15 is 0 Å². The van der Waals surface area contributed by atoms with E-state index in [1.807, 2.05) is 26.0 Å². The number of phenolic OH excluding ortho intramolecular Hbond substituents is 1. The molecule has 2 N–H and O–H groups in total. The van der Waals surface area contributed by atoms with Crippen molar-refractivity contribution < 1.29 is 14.6 Å². The number of benzene rings is 3. The summed E-state index contributed by atoms with van der Waals surface area (Å²) in [6, 6.07) is 19.5. The normalized spacial score (nSPS) is 11.1. The maximum Gasteiger partial charge on any atom is 0.266 e. The minimum atomic E-state index is -0.380. The molecule has 0 saturated heterocycles. The number of aromatic hydroxyl groups is 1. The Morgan fingerprint density at radius 1 is 1.13 bits per heavy atom. The molecule has 3 aromatic carbocycles. The molecular formula is C28H29N5O4S. The molecule has 4 rings (SSSR count). The number of amides is 1. The quantitative estimate of drug-likeness (QED) is 0.137. The number of nitrogens with zero attached hydrogens (tertiary/aromatic N) is 4. The van der Waals surface area contributed by atoms with E-state index < -0.39 is 0 Å². The van der Waals surface area contributed by atoms with E-state index in [0.717, 1.165) is 30.5 Å². The number of phenols is 1. The monoisotopic (exact) mass is 531 g/mol. The average Bonchev–Trinajstić information content (AvgIpc) is 2.94. The van der Waals surface area contributed by atoms with Gasteiger partial charge in [-0.2, -0.15) is 5.10 Å². The van der Waals surface area contributed by atoms with Crippen LogP contribution in [-0.4, -0.2) is 52.7 Å². The highest BCUT2D eigenvalue weighted by molar-refractivity contribution is 7.99. The molecule has 4 aromatic rings. The van der Waals surface area contributed by atoms with E-state index in [2.05, 4.69) is 20.4 Å². The first kappa shape index (κ1) is 26.7. The number of para-hydroxylation sites is 1. The van der Waals surface area contributed by atoms with Crippen molar-refractivity contribution in [3.63, 3.8) is 0 Å². The van der Waals surface area contributed by atoms with Gasteiger partial charge in [-0.05, 0) is 62.4 Å². The Balaban J connectivity index is 1.50. The zero-order valence-corrected chi connectivity index (χ0v) is 22.2. The number of thioether (sulfide) groups is 1. The standard InChI is InChI=1S/C28H29N5O4S/c1-4-32(5-2)21-11-10-19(25(34)16-21)17-29-31-26(35)18-38-28-30-24-9-7-6-8-23(24)27(36)33(28)20-12-14-22(37-3)15-13-20/h6-17,34H,4-5,18H2,1-3H3,(H,31,35)/b29-17+. The maximum absolute atomic E-state index is 13.3. The molecule has 1 aromatic heterocycles. The summed E-state index contributed by atoms with van der Waals surface area (Å²) in [4.78, 5) is 32.6. The number of hydrazone groups is 1. The number of fused-ring (bicyclic) bond motifs is 1. The molecule has 0 saturated carbocycles. The number of methoxy groups -OCH3 is 1. The fraction of sp³-hybridized carbons (Fsp3) is 0.214. The van der Waals surface area contributed by atoms with Gasteiger partial charge in [0.2, 0.25) is 0 Å². The second-order valence-electron chi connectivity index (χ2n) is 8.25. The lowest BCUT2D eigenvalue weighted by molar-refractivity contribution is -0.118. The number of ether oxygens (including phenoxy) is 1. The van der Waals surface area contributed by atoms with Crippen LogP contribution in [0.1, 0.15) is 19.4 Å². The molecule has 1 amide bonds. The lowest BCUT2D eigenvalue weighted by atomic mass is 10.2. The molecule has 38 heavy (non-hydrogen) atoms. The van der Waals surface area contributed by atoms with Crippen LogP contribution in [0.4, 0.5) is 5.69 Å². The fourth-order valence-electron chi connectivity index (χ4n) is 3.93. The van der Waals surface area contributed by atoms with Crippen LogP contribution in [0.25, 0.3) is 16.6 Å². The second kappa shape index (κ2) is 12.3. The maximum atomic E-state index is 13.3. The Hall–Kier alpha value is -4.31. The van der Waals surface area contributed by atoms with Gasteiger partial charge in [-0.25, -0.2) is 10.4 Å². The largest absolute Gasteiger partial charge is 0.507 e. The number of carbonyl (C=O) groups is 1. The van der Waals surface area contributed by atoms with Crippen molar-refractivity contribution >= 4 is 40.5 Å². The number of hydrogen-bond donors (Lipinski definition) is 2. The highest BCUT2D eigenvalue weighted by Gasteiger charge is 2.15. The first-order valence-electron chi connectivity index (χ1n) is 12.1. The van der Waals surface area contributed by atoms with Crippen molar-refractivity contribution in [3.05, 3.63) is 82.6 Å². The van der Waals surface area contributed by atoms with Crippen LogP contribution in [-0.2, 0) is 4.79 Å². The van der Waals surface area contributed by atoms with Crippen LogP contribution in [0.15, 0.2) is 81.8 Å². The SMILES string of the molecule is CCN(CC)c1ccc(/C=N/NC(=O)CSc2nc3ccccc3c(=O)n2-c2ccc(OC)cc2)c(O)c1. The number of aromatic nitrogens is 2. The molecule has 1 heterocycles. The molecule has 0 aliphatic rings. The number of rotatable bonds is 10. The van der Waals surface area contributed by atoms with Gasteiger partial charge in [0.25, 0.3) is 11.5 Å². The summed E-state index contributed by atoms with van der Waals surface area (Å²) in [7, 11) is 1.57. The third kappa shape index (κ3) is 5.97. The van der Waals surface area contributed by atoms with Crippen molar-refractivity contribution in [2.24, 2.45) is 5.10 Å². The molecule has 0 atom stereocenters. The minimum Gasteiger partial charge on any atom is -0.507 e. The zero-order chi connectivity index (χ0) is 27.1. The average molecular weight is 532 g/mol. The third-order valence-corrected chi connectivity index (χ3v) is 6.88. The predicted octanol–water partition coefficient (Wildman–Crippen LogP) is 4.19. The van der Waals surface area contributed by atoms with Gasteiger partial charge in [-0.3, -0.25) is 14.2 Å². The summed E-state index contributed by atoms with van der Waals surface area (Å²) in [5, 5.41) is 15.2. The molecule has 10 heteroatoms. The Morgan fingerprint density at radius 2 is 1.87 bits per heavy atom. The summed E-state index contributed by atoms with van der Waals surface area (Å²) < 4.78 is 6.71. The summed E-state index contributed by atoms with van der Waals surface area (Å²) in [5.74, 6) is 0.334. The summed E-state index contributed by atoms with van der Waals surface area (Å²) >= 11 is 1.13. The van der Waals surface area contributed by atoms with E-state index in [0.29, 0.717) is 33.1 Å². The van der Waals surface area contributed by atoms with Crippen molar-refractivity contribution in [2.45, 2.75) is 19.0 Å². The molecular weight excluding hydrogens is 502 g/mol. The Labute approximate surface area is 224 Å². The van der Waals surface area contributed by atoms with Gasteiger partial charge in [0.05, 0.1) is 35.7 Å². The molecule has 0 radical (unpaired) electrons. The first-order valence-corrected chi connectivity index (χ1v) is 13.1. The topological polar surface area (TPSA) is 109 Å². The molecule has 0 bridgehead atoms. The molecule has 9 nitrogen and oxygen atoms in total. The molecule has 0 aliphatic carbocycles. The van der Waals surface area contributed by atoms with E-state index in [4.69, 9.17) is 4.74 Å². The van der Waals surface area contributed by atoms with Crippen LogP contribution in [0.5, 0.6) is 11.5 Å². The van der Waals surface area contributed by atoms with E-state index in [1.54, 1.807) is 61.7 Å². The second-order valence-corrected chi connectivity index (χ2v) is 9.19. The highest BCUT2D eigenvalue weighted by Crippen LogP contribution is 2.24. The third-order valence-electron chi connectivity index (χ3n) is 5.94. The lowest BCUT2D eigenvalue weighted by Crippen LogP contribution is -2.24. The van der Waals surface area contributed by atoms with Crippen molar-refractivity contribution in [3.8, 4) is 17.2 Å². The van der Waals surface area contributed by atoms with Gasteiger partial charge in [0, 0.05) is 30.4 Å². The van der Waals surface area contributed by atoms with Gasteiger partial charge >= 0.3 is 0 Å². The zero-order valence-electron chi connectivity index (χ0n) is 21.4. The van der Waals surface area contributed by atoms with Crippen LogP contribution in [0.3, 0.4) is 0 Å². The molecule has 0 spiro atoms. The number of hydrogen-bond acceptors (Lipinski definition) is 8. The fourth-order valence-corrected chi connectivity index (χ4v) is 4.74. The Bertz CT molecular complexity index is 1510. The minimum absolute atomic E-state index is 0.0227. The van der Waals surface area contributed by atoms with Gasteiger partial charge in [-0.15, -0.1) is 0 Å². The predicted molar refractivity (Wildman–Crippen MR) is 152 cm³/mol. The van der Waals surface area contributed by atoms with E-state index in [-0.39, 0.29) is 23.0 Å². The summed E-state index contributed by atoms with van der Waals surface area (Å²) in [6.07, 6.45) is 1.39. The highest BCUT2D eigenvalue weighted by atomic mass is 32.2. The molecule has 196 valence electrons. The summed E-state index contributed by atoms with van der Waals surface area (Å²) in [6.45, 7) is 5.76. The van der Waals surface area contributed by atoms with Gasteiger partial charge in [0.1, 0.15) is 11.5 Å². The Kier molecular flexibility index (Phi) is 8.65. The van der Waals surface area contributed by atoms with E-state index in [9.17, 15) is 14.7 Å². The van der Waals surface area contributed by atoms with Crippen molar-refractivity contribution in [1.82, 2.24) is 15.0 Å². The molecule has 0 unspecified atom stereocenters. The summed E-state index contributed by atoms with van der Waals surface area (Å²) in [5.41, 5.74) is 4.79. The smallest absolute Gasteiger partial charge is 0.266 e. The Morgan fingerprint density at radius 3 is 2.55 bits per heavy atom. The number of anilines is 1. The van der Waals surface area contributed by atoms with Crippen molar-refractivity contribution in [2.75, 3.05) is 30.9 Å². The van der Waals surface area contributed by atoms with Crippen LogP contribution in [0.2, 0.25) is 0 Å². The van der Waals surface area contributed by atoms with Crippen LogP contribution in [0, 0.1) is 0 Å². The van der Waals surface area contributed by atoms with Gasteiger partial charge in [-0.1, -0.05) is 23.9 Å². The van der Waals surface area contributed by atoms with Crippen molar-refractivity contribution in [1.29, 1.82) is 0 Å². The number of nitrogens with one attached hydrogen (secondary N) is 1. The molecule has 0 aliphatic heterocycles. The van der Waals surface area contributed by atoms with E-state index in [1.165, 1.54) is 10.8 Å². The first-order chi connectivity index (χ1) is 18.4.